The first-order valence-corrected chi connectivity index (χ1v) is 4.72. The number of amidine groups is 1. The second-order valence-electron chi connectivity index (χ2n) is 3.12. The predicted octanol–water partition coefficient (Wildman–Crippen LogP) is -2.25. The molecule has 8 N–H and O–H groups in total. The van der Waals surface area contributed by atoms with Gasteiger partial charge < -0.3 is 32.4 Å². The van der Waals surface area contributed by atoms with Gasteiger partial charge in [0, 0.05) is 13.0 Å². The number of guanidine groups is 1. The molecule has 1 aromatic rings. The summed E-state index contributed by atoms with van der Waals surface area (Å²) in [4.78, 5) is 16.2. The quantitative estimate of drug-likeness (QED) is 0.169. The molecule has 1 heterocycles. The Bertz CT molecular complexity index is 501. The minimum absolute atomic E-state index is 0.0163. The lowest BCUT2D eigenvalue weighted by molar-refractivity contribution is -0.390. The average Bonchev–Trinajstić information content (AvgIpc) is 2.70. The summed E-state index contributed by atoms with van der Waals surface area (Å²) in [5.41, 5.74) is 15.6. The van der Waals surface area contributed by atoms with E-state index in [2.05, 4.69) is 20.2 Å². The van der Waals surface area contributed by atoms with E-state index in [9.17, 15) is 10.1 Å². The molecule has 18 heavy (non-hydrogen) atoms. The number of nitro groups is 1. The molecule has 1 aromatic heterocycles. The van der Waals surface area contributed by atoms with Crippen LogP contribution >= 0.6 is 0 Å². The first-order valence-electron chi connectivity index (χ1n) is 4.72. The van der Waals surface area contributed by atoms with Crippen molar-refractivity contribution < 1.29 is 10.0 Å². The molecular formula is C7H12N8O3. The molecule has 0 aliphatic carbocycles. The molecule has 0 aliphatic rings. The highest BCUT2D eigenvalue weighted by Crippen LogP contribution is 2.15. The van der Waals surface area contributed by atoms with Gasteiger partial charge in [-0.15, -0.1) is 10.2 Å². The predicted molar refractivity (Wildman–Crippen MR) is 62.6 cm³/mol. The monoisotopic (exact) mass is 256 g/mol. The molecular weight excluding hydrogens is 244 g/mol. The number of H-pyrrole nitrogens is 1. The lowest BCUT2D eigenvalue weighted by Gasteiger charge is -1.92. The molecule has 98 valence electrons. The lowest BCUT2D eigenvalue weighted by atomic mass is 10.3. The number of nitrogens with one attached hydrogen (secondary N) is 1. The zero-order valence-electron chi connectivity index (χ0n) is 9.20. The van der Waals surface area contributed by atoms with Crippen LogP contribution in [0, 0.1) is 10.1 Å². The van der Waals surface area contributed by atoms with Gasteiger partial charge in [0.2, 0.25) is 11.8 Å². The van der Waals surface area contributed by atoms with Gasteiger partial charge in [0.15, 0.2) is 0 Å². The van der Waals surface area contributed by atoms with Crippen LogP contribution in [0.1, 0.15) is 11.5 Å². The van der Waals surface area contributed by atoms with Crippen LogP contribution in [0.15, 0.2) is 10.2 Å². The fourth-order valence-electron chi connectivity index (χ4n) is 1.11. The molecule has 0 saturated heterocycles. The summed E-state index contributed by atoms with van der Waals surface area (Å²) in [5.74, 6) is -0.928. The van der Waals surface area contributed by atoms with Gasteiger partial charge >= 0.3 is 5.82 Å². The number of aliphatic hydroxyl groups is 1. The van der Waals surface area contributed by atoms with Gasteiger partial charge in [0.25, 0.3) is 5.82 Å². The molecule has 0 atom stereocenters. The normalized spacial score (nSPS) is 11.3. The number of hydrogen-bond acceptors (Lipinski definition) is 6. The SMILES string of the molecule is NC(N)=NN=C(N)c1nc(CCO)c([N+](=O)[O-])[nH]1. The number of aromatic nitrogens is 2. The van der Waals surface area contributed by atoms with Gasteiger partial charge in [0.05, 0.1) is 0 Å². The van der Waals surface area contributed by atoms with E-state index in [1.165, 1.54) is 0 Å². The number of imidazole rings is 1. The lowest BCUT2D eigenvalue weighted by Crippen LogP contribution is -2.23. The molecule has 0 aromatic carbocycles. The van der Waals surface area contributed by atoms with E-state index in [1.54, 1.807) is 0 Å². The van der Waals surface area contributed by atoms with Crippen molar-refractivity contribution in [1.82, 2.24) is 9.97 Å². The molecule has 11 heteroatoms. The molecule has 0 bridgehead atoms. The Morgan fingerprint density at radius 3 is 2.61 bits per heavy atom. The smallest absolute Gasteiger partial charge is 0.344 e. The Hall–Kier alpha value is -2.69. The molecule has 0 spiro atoms. The molecule has 11 nitrogen and oxygen atoms in total. The van der Waals surface area contributed by atoms with Crippen LogP contribution in [-0.4, -0.2) is 38.4 Å². The van der Waals surface area contributed by atoms with Gasteiger partial charge in [-0.2, -0.15) is 0 Å². The average molecular weight is 256 g/mol. The third kappa shape index (κ3) is 3.15. The van der Waals surface area contributed by atoms with Crippen LogP contribution in [0.2, 0.25) is 0 Å². The Balaban J connectivity index is 3.11. The van der Waals surface area contributed by atoms with Crippen LogP contribution < -0.4 is 17.2 Å². The summed E-state index contributed by atoms with van der Waals surface area (Å²) >= 11 is 0. The highest BCUT2D eigenvalue weighted by molar-refractivity contribution is 5.94. The molecule has 0 saturated carbocycles. The van der Waals surface area contributed by atoms with E-state index in [0.29, 0.717) is 0 Å². The number of aromatic amines is 1. The van der Waals surface area contributed by atoms with Crippen LogP contribution in [0.25, 0.3) is 0 Å². The summed E-state index contributed by atoms with van der Waals surface area (Å²) in [7, 11) is 0. The van der Waals surface area contributed by atoms with E-state index >= 15 is 0 Å². The Morgan fingerprint density at radius 1 is 1.44 bits per heavy atom. The summed E-state index contributed by atoms with van der Waals surface area (Å²) in [5, 5.41) is 26.2. The van der Waals surface area contributed by atoms with E-state index < -0.39 is 4.92 Å². The van der Waals surface area contributed by atoms with Gasteiger partial charge in [-0.05, 0) is 4.92 Å². The topological polar surface area (TPSA) is 195 Å². The highest BCUT2D eigenvalue weighted by atomic mass is 16.6. The number of nitrogens with zero attached hydrogens (tertiary/aromatic N) is 4. The molecule has 1 rings (SSSR count). The van der Waals surface area contributed by atoms with E-state index in [4.69, 9.17) is 22.3 Å². The maximum atomic E-state index is 10.7. The largest absolute Gasteiger partial charge is 0.396 e. The van der Waals surface area contributed by atoms with Crippen molar-refractivity contribution >= 4 is 17.6 Å². The van der Waals surface area contributed by atoms with E-state index in [1.807, 2.05) is 0 Å². The fourth-order valence-corrected chi connectivity index (χ4v) is 1.11. The summed E-state index contributed by atoms with van der Waals surface area (Å²) in [6, 6.07) is 0. The number of rotatable bonds is 5. The van der Waals surface area contributed by atoms with E-state index in [0.717, 1.165) is 0 Å². The molecule has 0 radical (unpaired) electrons. The highest BCUT2D eigenvalue weighted by Gasteiger charge is 2.21. The minimum atomic E-state index is -0.671. The Labute approximate surface area is 101 Å². The number of aliphatic hydroxyl groups excluding tert-OH is 1. The van der Waals surface area contributed by atoms with Crippen LogP contribution in [-0.2, 0) is 6.42 Å². The Morgan fingerprint density at radius 2 is 2.11 bits per heavy atom. The first-order chi connectivity index (χ1) is 8.45. The fraction of sp³-hybridized carbons (Fsp3) is 0.286. The van der Waals surface area contributed by atoms with Crippen LogP contribution in [0.5, 0.6) is 0 Å². The minimum Gasteiger partial charge on any atom is -0.396 e. The summed E-state index contributed by atoms with van der Waals surface area (Å²) in [6.45, 7) is -0.282. The van der Waals surface area contributed by atoms with Crippen LogP contribution in [0.3, 0.4) is 0 Å². The van der Waals surface area contributed by atoms with Gasteiger partial charge in [-0.25, -0.2) is 9.97 Å². The Kier molecular flexibility index (Phi) is 4.15. The second-order valence-corrected chi connectivity index (χ2v) is 3.12. The van der Waals surface area contributed by atoms with Crippen molar-refractivity contribution in [2.45, 2.75) is 6.42 Å². The van der Waals surface area contributed by atoms with Crippen molar-refractivity contribution in [1.29, 1.82) is 0 Å². The third-order valence-electron chi connectivity index (χ3n) is 1.80. The summed E-state index contributed by atoms with van der Waals surface area (Å²) < 4.78 is 0. The van der Waals surface area contributed by atoms with E-state index in [-0.39, 0.29) is 42.2 Å². The maximum absolute atomic E-state index is 10.7. The standard InChI is InChI=1S/C7H12N8O3/c8-4(13-14-7(9)10)5-11-3(1-2-16)6(12-5)15(17)18/h16H,1-2H2,(H2,8,13)(H,11,12)(H4,9,10,14). The van der Waals surface area contributed by atoms with Gasteiger partial charge in [-0.3, -0.25) is 0 Å². The third-order valence-corrected chi connectivity index (χ3v) is 1.80. The number of hydrogen-bond donors (Lipinski definition) is 5. The van der Waals surface area contributed by atoms with Crippen molar-refractivity contribution in [3.63, 3.8) is 0 Å². The van der Waals surface area contributed by atoms with Crippen LogP contribution in [0.4, 0.5) is 5.82 Å². The van der Waals surface area contributed by atoms with Crippen molar-refractivity contribution in [2.75, 3.05) is 6.61 Å². The van der Waals surface area contributed by atoms with Crippen molar-refractivity contribution in [3.05, 3.63) is 21.6 Å². The molecule has 0 aliphatic heterocycles. The molecule has 0 unspecified atom stereocenters. The molecule has 0 fully saturated rings. The van der Waals surface area contributed by atoms with Gasteiger partial charge in [0.1, 0.15) is 5.69 Å². The zero-order valence-corrected chi connectivity index (χ0v) is 9.20. The second kappa shape index (κ2) is 5.58. The van der Waals surface area contributed by atoms with Crippen molar-refractivity contribution in [3.8, 4) is 0 Å². The number of nitrogens with two attached hydrogens (primary N) is 3. The first kappa shape index (κ1) is 13.4. The maximum Gasteiger partial charge on any atom is 0.344 e. The van der Waals surface area contributed by atoms with Gasteiger partial charge in [-0.1, -0.05) is 0 Å². The zero-order chi connectivity index (χ0) is 13.7. The molecule has 0 amide bonds. The van der Waals surface area contributed by atoms with Crippen molar-refractivity contribution in [2.24, 2.45) is 27.4 Å². The summed E-state index contributed by atoms with van der Waals surface area (Å²) in [6.07, 6.45) is 0.0163.